The monoisotopic (exact) mass is 307 g/mol. The van der Waals surface area contributed by atoms with Gasteiger partial charge in [-0.05, 0) is 30.2 Å². The van der Waals surface area contributed by atoms with Crippen LogP contribution in [-0.4, -0.2) is 0 Å². The summed E-state index contributed by atoms with van der Waals surface area (Å²) < 4.78 is 32.5. The second-order valence-corrected chi connectivity index (χ2v) is 5.24. The molecule has 0 radical (unpaired) electrons. The van der Waals surface area contributed by atoms with Crippen molar-refractivity contribution in [2.24, 2.45) is 5.73 Å². The second kappa shape index (κ2) is 5.47. The van der Waals surface area contributed by atoms with Crippen molar-refractivity contribution in [3.8, 4) is 0 Å². The molecule has 3 aromatic rings. The van der Waals surface area contributed by atoms with Crippen molar-refractivity contribution >= 4 is 22.6 Å². The van der Waals surface area contributed by atoms with Crippen molar-refractivity contribution in [3.63, 3.8) is 0 Å². The molecule has 0 aliphatic rings. The van der Waals surface area contributed by atoms with E-state index in [1.165, 1.54) is 12.1 Å². The molecule has 0 aliphatic heterocycles. The van der Waals surface area contributed by atoms with Crippen molar-refractivity contribution in [2.45, 2.75) is 12.5 Å². The highest BCUT2D eigenvalue weighted by atomic mass is 35.5. The van der Waals surface area contributed by atoms with Gasteiger partial charge in [-0.2, -0.15) is 0 Å². The van der Waals surface area contributed by atoms with Crippen LogP contribution in [0.4, 0.5) is 8.78 Å². The average Bonchev–Trinajstić information content (AvgIpc) is 2.89. The van der Waals surface area contributed by atoms with E-state index in [0.717, 1.165) is 11.5 Å². The number of hydrogen-bond acceptors (Lipinski definition) is 2. The summed E-state index contributed by atoms with van der Waals surface area (Å²) in [6.45, 7) is 0. The zero-order valence-electron chi connectivity index (χ0n) is 10.9. The summed E-state index contributed by atoms with van der Waals surface area (Å²) in [4.78, 5) is 0. The Bertz CT molecular complexity index is 800. The lowest BCUT2D eigenvalue weighted by molar-refractivity contribution is 0.470. The van der Waals surface area contributed by atoms with Crippen molar-refractivity contribution in [1.82, 2.24) is 0 Å². The van der Waals surface area contributed by atoms with Crippen molar-refractivity contribution in [2.75, 3.05) is 0 Å². The van der Waals surface area contributed by atoms with E-state index < -0.39 is 17.7 Å². The van der Waals surface area contributed by atoms with Crippen LogP contribution in [-0.2, 0) is 6.42 Å². The second-order valence-electron chi connectivity index (χ2n) is 4.83. The van der Waals surface area contributed by atoms with E-state index in [4.69, 9.17) is 21.8 Å². The van der Waals surface area contributed by atoms with E-state index in [2.05, 4.69) is 0 Å². The summed E-state index contributed by atoms with van der Waals surface area (Å²) in [6, 6.07) is 10.6. The molecule has 3 rings (SSSR count). The summed E-state index contributed by atoms with van der Waals surface area (Å²) in [5.41, 5.74) is 6.80. The number of hydrogen-bond donors (Lipinski definition) is 1. The quantitative estimate of drug-likeness (QED) is 0.767. The minimum atomic E-state index is -0.882. The molecule has 1 atom stereocenters. The third-order valence-corrected chi connectivity index (χ3v) is 3.65. The van der Waals surface area contributed by atoms with E-state index in [1.54, 1.807) is 12.1 Å². The molecule has 2 N–H and O–H groups in total. The van der Waals surface area contributed by atoms with E-state index in [9.17, 15) is 8.78 Å². The number of furan rings is 1. The molecule has 2 aromatic carbocycles. The van der Waals surface area contributed by atoms with Gasteiger partial charge in [-0.25, -0.2) is 8.78 Å². The molecule has 0 saturated carbocycles. The van der Waals surface area contributed by atoms with Gasteiger partial charge in [0.05, 0.1) is 11.1 Å². The highest BCUT2D eigenvalue weighted by Crippen LogP contribution is 2.30. The van der Waals surface area contributed by atoms with Crippen molar-refractivity contribution in [3.05, 3.63) is 70.4 Å². The van der Waals surface area contributed by atoms with E-state index in [0.29, 0.717) is 16.4 Å². The van der Waals surface area contributed by atoms with Gasteiger partial charge in [0.1, 0.15) is 5.76 Å². The molecule has 0 fully saturated rings. The minimum absolute atomic E-state index is 0.140. The molecule has 5 heteroatoms. The summed E-state index contributed by atoms with van der Waals surface area (Å²) in [5.74, 6) is -1.27. The molecule has 0 bridgehead atoms. The maximum Gasteiger partial charge on any atom is 0.162 e. The topological polar surface area (TPSA) is 39.2 Å². The molecular formula is C16H12ClF2NO. The number of para-hydroxylation sites is 1. The first-order valence-electron chi connectivity index (χ1n) is 6.42. The first-order valence-corrected chi connectivity index (χ1v) is 6.80. The standard InChI is InChI=1S/C16H12ClF2NO/c17-11-5-1-4-10-8-14(21-16(10)11)13(20)7-9-3-2-6-12(18)15(9)19/h1-6,8,13H,7,20H2. The SMILES string of the molecule is NC(Cc1cccc(F)c1F)c1cc2cccc(Cl)c2o1. The number of rotatable bonds is 3. The Hall–Kier alpha value is -1.91. The molecule has 1 aromatic heterocycles. The van der Waals surface area contributed by atoms with Gasteiger partial charge in [-0.1, -0.05) is 35.9 Å². The van der Waals surface area contributed by atoms with Gasteiger partial charge >= 0.3 is 0 Å². The first kappa shape index (κ1) is 14.0. The molecule has 2 nitrogen and oxygen atoms in total. The highest BCUT2D eigenvalue weighted by Gasteiger charge is 2.17. The predicted molar refractivity (Wildman–Crippen MR) is 78.2 cm³/mol. The molecular weight excluding hydrogens is 296 g/mol. The zero-order chi connectivity index (χ0) is 15.0. The van der Waals surface area contributed by atoms with Gasteiger partial charge in [0.25, 0.3) is 0 Å². The van der Waals surface area contributed by atoms with Crippen LogP contribution < -0.4 is 5.73 Å². The van der Waals surface area contributed by atoms with E-state index >= 15 is 0 Å². The Morgan fingerprint density at radius 1 is 1.14 bits per heavy atom. The lowest BCUT2D eigenvalue weighted by atomic mass is 10.0. The molecule has 1 heterocycles. The fraction of sp³-hybridized carbons (Fsp3) is 0.125. The van der Waals surface area contributed by atoms with Crippen LogP contribution in [0.5, 0.6) is 0 Å². The maximum atomic E-state index is 13.7. The fourth-order valence-electron chi connectivity index (χ4n) is 2.27. The molecule has 108 valence electrons. The Labute approximate surface area is 125 Å². The summed E-state index contributed by atoms with van der Waals surface area (Å²) in [7, 11) is 0. The lowest BCUT2D eigenvalue weighted by Gasteiger charge is -2.09. The third-order valence-electron chi connectivity index (χ3n) is 3.35. The summed E-state index contributed by atoms with van der Waals surface area (Å²) in [5, 5.41) is 1.32. The van der Waals surface area contributed by atoms with Crippen LogP contribution in [0.1, 0.15) is 17.4 Å². The molecule has 0 saturated heterocycles. The third kappa shape index (κ3) is 2.64. The van der Waals surface area contributed by atoms with Gasteiger partial charge in [0.15, 0.2) is 17.2 Å². The average molecular weight is 308 g/mol. The number of benzene rings is 2. The number of nitrogens with two attached hydrogens (primary N) is 1. The van der Waals surface area contributed by atoms with Crippen LogP contribution in [0.15, 0.2) is 46.9 Å². The van der Waals surface area contributed by atoms with Crippen molar-refractivity contribution < 1.29 is 13.2 Å². The number of halogens is 3. The molecule has 0 amide bonds. The molecule has 0 spiro atoms. The van der Waals surface area contributed by atoms with Gasteiger partial charge in [-0.15, -0.1) is 0 Å². The Kier molecular flexibility index (Phi) is 3.66. The zero-order valence-corrected chi connectivity index (χ0v) is 11.7. The fourth-order valence-corrected chi connectivity index (χ4v) is 2.49. The minimum Gasteiger partial charge on any atom is -0.458 e. The molecule has 0 aliphatic carbocycles. The van der Waals surface area contributed by atoms with Crippen LogP contribution in [0.2, 0.25) is 5.02 Å². The molecule has 1 unspecified atom stereocenters. The summed E-state index contributed by atoms with van der Waals surface area (Å²) >= 11 is 6.04. The van der Waals surface area contributed by atoms with Crippen LogP contribution >= 0.6 is 11.6 Å². The van der Waals surface area contributed by atoms with Crippen LogP contribution in [0.3, 0.4) is 0 Å². The highest BCUT2D eigenvalue weighted by molar-refractivity contribution is 6.34. The van der Waals surface area contributed by atoms with E-state index in [-0.39, 0.29) is 12.0 Å². The van der Waals surface area contributed by atoms with Gasteiger partial charge in [0.2, 0.25) is 0 Å². The van der Waals surface area contributed by atoms with Gasteiger partial charge in [0, 0.05) is 5.39 Å². The Morgan fingerprint density at radius 3 is 2.67 bits per heavy atom. The first-order chi connectivity index (χ1) is 10.1. The van der Waals surface area contributed by atoms with E-state index in [1.807, 2.05) is 12.1 Å². The van der Waals surface area contributed by atoms with Crippen LogP contribution in [0.25, 0.3) is 11.0 Å². The lowest BCUT2D eigenvalue weighted by Crippen LogP contribution is -2.13. The largest absolute Gasteiger partial charge is 0.458 e. The predicted octanol–water partition coefficient (Wildman–Crippen LogP) is 4.61. The summed E-state index contributed by atoms with van der Waals surface area (Å²) in [6.07, 6.45) is 0.140. The Morgan fingerprint density at radius 2 is 1.90 bits per heavy atom. The van der Waals surface area contributed by atoms with Gasteiger partial charge in [-0.3, -0.25) is 0 Å². The van der Waals surface area contributed by atoms with Gasteiger partial charge < -0.3 is 10.2 Å². The van der Waals surface area contributed by atoms with Crippen molar-refractivity contribution in [1.29, 1.82) is 0 Å². The Balaban J connectivity index is 1.92. The normalized spacial score (nSPS) is 12.8. The molecule has 21 heavy (non-hydrogen) atoms. The number of fused-ring (bicyclic) bond motifs is 1. The van der Waals surface area contributed by atoms with Crippen LogP contribution in [0, 0.1) is 11.6 Å². The smallest absolute Gasteiger partial charge is 0.162 e. The maximum absolute atomic E-state index is 13.7.